The highest BCUT2D eigenvalue weighted by Gasteiger charge is 2.23. The quantitative estimate of drug-likeness (QED) is 0.562. The normalized spacial score (nSPS) is 14.1. The van der Waals surface area contributed by atoms with Gasteiger partial charge in [0.15, 0.2) is 0 Å². The lowest BCUT2D eigenvalue weighted by molar-refractivity contribution is -0.132. The molecule has 0 atom stereocenters. The number of piperidine rings is 1. The highest BCUT2D eigenvalue weighted by Crippen LogP contribution is 2.13. The summed E-state index contributed by atoms with van der Waals surface area (Å²) in [6.07, 6.45) is 4.44. The zero-order valence-electron chi connectivity index (χ0n) is 20.1. The van der Waals surface area contributed by atoms with E-state index in [1.165, 1.54) is 24.8 Å². The number of carbonyl (C=O) groups is 2. The van der Waals surface area contributed by atoms with E-state index in [1.54, 1.807) is 9.80 Å². The second-order valence-electron chi connectivity index (χ2n) is 8.72. The smallest absolute Gasteiger partial charge is 0.317 e. The summed E-state index contributed by atoms with van der Waals surface area (Å²) in [5.41, 5.74) is 1.18. The van der Waals surface area contributed by atoms with Gasteiger partial charge in [0.05, 0.1) is 6.54 Å². The zero-order valence-corrected chi connectivity index (χ0v) is 20.1. The maximum Gasteiger partial charge on any atom is 0.317 e. The number of furan rings is 1. The minimum Gasteiger partial charge on any atom is -0.464 e. The zero-order chi connectivity index (χ0) is 23.5. The summed E-state index contributed by atoms with van der Waals surface area (Å²) in [4.78, 5) is 32.0. The Kier molecular flexibility index (Phi) is 9.81. The van der Waals surface area contributed by atoms with E-state index in [0.29, 0.717) is 26.2 Å². The van der Waals surface area contributed by atoms with E-state index in [2.05, 4.69) is 22.3 Å². The number of benzene rings is 1. The van der Waals surface area contributed by atoms with E-state index in [4.69, 9.17) is 4.42 Å². The molecule has 2 heterocycles. The molecule has 7 nitrogen and oxygen atoms in total. The summed E-state index contributed by atoms with van der Waals surface area (Å²) in [6.45, 7) is 8.84. The fourth-order valence-electron chi connectivity index (χ4n) is 4.18. The lowest BCUT2D eigenvalue weighted by atomic mass is 10.1. The standard InChI is InChI=1S/C26H38N4O3/c1-3-27-26(32)30(19-18-28-15-8-5-9-16-28)21-25(31)29(20-24-13-12-22(2)33-24)17-14-23-10-6-4-7-11-23/h4,6-7,10-13H,3,5,8-9,14-21H2,1-2H3,(H,27,32). The monoisotopic (exact) mass is 454 g/mol. The third-order valence-corrected chi connectivity index (χ3v) is 6.08. The van der Waals surface area contributed by atoms with Crippen molar-refractivity contribution in [3.05, 3.63) is 59.5 Å². The fraction of sp³-hybridized carbons (Fsp3) is 0.538. The van der Waals surface area contributed by atoms with Crippen LogP contribution in [0.5, 0.6) is 0 Å². The van der Waals surface area contributed by atoms with Gasteiger partial charge in [-0.2, -0.15) is 0 Å². The number of rotatable bonds is 11. The van der Waals surface area contributed by atoms with Crippen molar-refractivity contribution in [1.82, 2.24) is 20.0 Å². The van der Waals surface area contributed by atoms with Crippen LogP contribution in [0, 0.1) is 6.92 Å². The van der Waals surface area contributed by atoms with E-state index in [9.17, 15) is 9.59 Å². The first-order chi connectivity index (χ1) is 16.0. The van der Waals surface area contributed by atoms with Crippen molar-refractivity contribution in [2.75, 3.05) is 45.8 Å². The summed E-state index contributed by atoms with van der Waals surface area (Å²) in [6, 6.07) is 13.8. The Hall–Kier alpha value is -2.80. The molecule has 1 saturated heterocycles. The lowest BCUT2D eigenvalue weighted by Gasteiger charge is -2.31. The van der Waals surface area contributed by atoms with Crippen LogP contribution in [0.4, 0.5) is 4.79 Å². The van der Waals surface area contributed by atoms with Crippen LogP contribution in [0.1, 0.15) is 43.3 Å². The molecule has 180 valence electrons. The maximum atomic E-state index is 13.4. The predicted octanol–water partition coefficient (Wildman–Crippen LogP) is 3.68. The van der Waals surface area contributed by atoms with Gasteiger partial charge in [0, 0.05) is 26.2 Å². The largest absolute Gasteiger partial charge is 0.464 e. The topological polar surface area (TPSA) is 69.0 Å². The minimum atomic E-state index is -0.181. The number of aryl methyl sites for hydroxylation is 1. The van der Waals surface area contributed by atoms with Gasteiger partial charge in [0.1, 0.15) is 18.1 Å². The molecule has 0 bridgehead atoms. The second kappa shape index (κ2) is 13.0. The molecule has 3 amide bonds. The molecule has 1 aromatic heterocycles. The summed E-state index contributed by atoms with van der Waals surface area (Å²) in [7, 11) is 0. The van der Waals surface area contributed by atoms with Gasteiger partial charge in [-0.3, -0.25) is 4.79 Å². The number of hydrogen-bond donors (Lipinski definition) is 1. The van der Waals surface area contributed by atoms with E-state index < -0.39 is 0 Å². The van der Waals surface area contributed by atoms with Crippen molar-refractivity contribution in [3.63, 3.8) is 0 Å². The molecule has 0 saturated carbocycles. The number of likely N-dealkylation sites (tertiary alicyclic amines) is 1. The molecule has 0 unspecified atom stereocenters. The van der Waals surface area contributed by atoms with Crippen molar-refractivity contribution in [1.29, 1.82) is 0 Å². The predicted molar refractivity (Wildman–Crippen MR) is 130 cm³/mol. The third kappa shape index (κ3) is 8.24. The summed E-state index contributed by atoms with van der Waals surface area (Å²) in [5.74, 6) is 1.52. The van der Waals surface area contributed by atoms with Crippen LogP contribution in [-0.2, 0) is 17.8 Å². The van der Waals surface area contributed by atoms with Crippen LogP contribution in [0.15, 0.2) is 46.9 Å². The summed E-state index contributed by atoms with van der Waals surface area (Å²) >= 11 is 0. The molecule has 2 aromatic rings. The van der Waals surface area contributed by atoms with Gasteiger partial charge in [-0.25, -0.2) is 4.79 Å². The number of hydrogen-bond acceptors (Lipinski definition) is 4. The first-order valence-corrected chi connectivity index (χ1v) is 12.2. The minimum absolute atomic E-state index is 0.0636. The number of nitrogens with one attached hydrogen (secondary N) is 1. The first kappa shape index (κ1) is 24.8. The first-order valence-electron chi connectivity index (χ1n) is 12.2. The molecule has 7 heteroatoms. The summed E-state index contributed by atoms with van der Waals surface area (Å²) < 4.78 is 5.74. The highest BCUT2D eigenvalue weighted by molar-refractivity contribution is 5.84. The molecular formula is C26H38N4O3. The molecule has 1 N–H and O–H groups in total. The van der Waals surface area contributed by atoms with Gasteiger partial charge >= 0.3 is 6.03 Å². The summed E-state index contributed by atoms with van der Waals surface area (Å²) in [5, 5.41) is 2.87. The van der Waals surface area contributed by atoms with Gasteiger partial charge < -0.3 is 24.4 Å². The van der Waals surface area contributed by atoms with Gasteiger partial charge in [0.25, 0.3) is 0 Å². The van der Waals surface area contributed by atoms with Crippen LogP contribution in [0.25, 0.3) is 0 Å². The average molecular weight is 455 g/mol. The molecule has 1 aliphatic heterocycles. The Morgan fingerprint density at radius 3 is 2.42 bits per heavy atom. The van der Waals surface area contributed by atoms with E-state index >= 15 is 0 Å². The Morgan fingerprint density at radius 1 is 1.00 bits per heavy atom. The Bertz CT molecular complexity index is 861. The molecule has 0 aliphatic carbocycles. The second-order valence-corrected chi connectivity index (χ2v) is 8.72. The van der Waals surface area contributed by atoms with Crippen molar-refractivity contribution in [3.8, 4) is 0 Å². The van der Waals surface area contributed by atoms with Gasteiger partial charge in [-0.1, -0.05) is 36.8 Å². The molecule has 0 spiro atoms. The Morgan fingerprint density at radius 2 is 1.76 bits per heavy atom. The van der Waals surface area contributed by atoms with Crippen LogP contribution >= 0.6 is 0 Å². The van der Waals surface area contributed by atoms with E-state index in [0.717, 1.165) is 37.6 Å². The fourth-order valence-corrected chi connectivity index (χ4v) is 4.18. The molecular weight excluding hydrogens is 416 g/mol. The molecule has 1 fully saturated rings. The van der Waals surface area contributed by atoms with Crippen LogP contribution in [-0.4, -0.2) is 72.5 Å². The van der Waals surface area contributed by atoms with Gasteiger partial charge in [-0.15, -0.1) is 0 Å². The SMILES string of the molecule is CCNC(=O)N(CCN1CCCCC1)CC(=O)N(CCc1ccccc1)Cc1ccc(C)o1. The molecule has 1 aromatic carbocycles. The van der Waals surface area contributed by atoms with Crippen molar-refractivity contribution < 1.29 is 14.0 Å². The third-order valence-electron chi connectivity index (χ3n) is 6.08. The lowest BCUT2D eigenvalue weighted by Crippen LogP contribution is -2.49. The number of amides is 3. The van der Waals surface area contributed by atoms with E-state index in [-0.39, 0.29) is 18.5 Å². The van der Waals surface area contributed by atoms with Crippen molar-refractivity contribution >= 4 is 11.9 Å². The maximum absolute atomic E-state index is 13.4. The van der Waals surface area contributed by atoms with Crippen LogP contribution < -0.4 is 5.32 Å². The molecule has 1 aliphatic rings. The van der Waals surface area contributed by atoms with Gasteiger partial charge in [-0.05, 0) is 63.9 Å². The number of nitrogens with zero attached hydrogens (tertiary/aromatic N) is 3. The number of urea groups is 1. The molecule has 0 radical (unpaired) electrons. The highest BCUT2D eigenvalue weighted by atomic mass is 16.3. The Balaban J connectivity index is 1.66. The van der Waals surface area contributed by atoms with Gasteiger partial charge in [0.2, 0.25) is 5.91 Å². The van der Waals surface area contributed by atoms with E-state index in [1.807, 2.05) is 44.2 Å². The van der Waals surface area contributed by atoms with Crippen molar-refractivity contribution in [2.24, 2.45) is 0 Å². The number of carbonyl (C=O) groups excluding carboxylic acids is 2. The Labute approximate surface area is 197 Å². The molecule has 33 heavy (non-hydrogen) atoms. The van der Waals surface area contributed by atoms with Crippen molar-refractivity contribution in [2.45, 2.75) is 46.1 Å². The van der Waals surface area contributed by atoms with Crippen LogP contribution in [0.3, 0.4) is 0 Å². The molecule has 3 rings (SSSR count). The average Bonchev–Trinajstić information content (AvgIpc) is 3.25. The van der Waals surface area contributed by atoms with Crippen LogP contribution in [0.2, 0.25) is 0 Å².